The van der Waals surface area contributed by atoms with Crippen molar-refractivity contribution in [1.29, 1.82) is 0 Å². The molecule has 2 fully saturated rings. The van der Waals surface area contributed by atoms with Crippen molar-refractivity contribution in [2.24, 2.45) is 11.7 Å². The van der Waals surface area contributed by atoms with Crippen molar-refractivity contribution in [2.45, 2.75) is 63.7 Å². The molecule has 4 heteroatoms. The predicted molar refractivity (Wildman–Crippen MR) is 66.5 cm³/mol. The molecule has 0 aromatic heterocycles. The molecule has 17 heavy (non-hydrogen) atoms. The molecule has 2 aliphatic heterocycles. The number of hydrogen-bond donors (Lipinski definition) is 2. The summed E-state index contributed by atoms with van der Waals surface area (Å²) in [5.41, 5.74) is 5.59. The molecule has 0 aliphatic carbocycles. The van der Waals surface area contributed by atoms with Crippen LogP contribution in [0, 0.1) is 5.92 Å². The van der Waals surface area contributed by atoms with Crippen LogP contribution in [-0.2, 0) is 9.53 Å². The monoisotopic (exact) mass is 240 g/mol. The first kappa shape index (κ1) is 12.8. The van der Waals surface area contributed by atoms with Crippen molar-refractivity contribution in [3.63, 3.8) is 0 Å². The fourth-order valence-corrected chi connectivity index (χ4v) is 2.73. The SMILES string of the molecule is CC(C)(N)CCC(=O)NCC1CC2CCC1O2. The molecule has 0 saturated carbocycles. The minimum Gasteiger partial charge on any atom is -0.375 e. The van der Waals surface area contributed by atoms with Gasteiger partial charge in [-0.2, -0.15) is 0 Å². The lowest BCUT2D eigenvalue weighted by molar-refractivity contribution is -0.121. The van der Waals surface area contributed by atoms with Crippen LogP contribution in [0.2, 0.25) is 0 Å². The Bertz CT molecular complexity index is 286. The maximum absolute atomic E-state index is 11.6. The number of carbonyl (C=O) groups is 1. The molecule has 3 atom stereocenters. The third-order valence-electron chi connectivity index (χ3n) is 3.79. The van der Waals surface area contributed by atoms with Crippen molar-refractivity contribution in [3.8, 4) is 0 Å². The van der Waals surface area contributed by atoms with E-state index < -0.39 is 0 Å². The predicted octanol–water partition coefficient (Wildman–Crippen LogP) is 1.19. The van der Waals surface area contributed by atoms with E-state index in [0.717, 1.165) is 19.4 Å². The van der Waals surface area contributed by atoms with Gasteiger partial charge >= 0.3 is 0 Å². The Morgan fingerprint density at radius 3 is 2.76 bits per heavy atom. The van der Waals surface area contributed by atoms with Gasteiger partial charge in [0, 0.05) is 24.4 Å². The van der Waals surface area contributed by atoms with E-state index >= 15 is 0 Å². The number of carbonyl (C=O) groups excluding carboxylic acids is 1. The van der Waals surface area contributed by atoms with E-state index in [1.54, 1.807) is 0 Å². The third-order valence-corrected chi connectivity index (χ3v) is 3.79. The zero-order valence-electron chi connectivity index (χ0n) is 10.9. The number of ether oxygens (including phenoxy) is 1. The maximum Gasteiger partial charge on any atom is 0.220 e. The van der Waals surface area contributed by atoms with E-state index in [-0.39, 0.29) is 11.4 Å². The molecule has 0 aromatic carbocycles. The zero-order valence-corrected chi connectivity index (χ0v) is 10.9. The standard InChI is InChI=1S/C13H24N2O2/c1-13(2,14)6-5-12(16)15-8-9-7-10-3-4-11(9)17-10/h9-11H,3-8,14H2,1-2H3,(H,15,16). The van der Waals surface area contributed by atoms with Crippen LogP contribution < -0.4 is 11.1 Å². The molecule has 2 bridgehead atoms. The summed E-state index contributed by atoms with van der Waals surface area (Å²) in [6.45, 7) is 4.67. The molecule has 4 nitrogen and oxygen atoms in total. The summed E-state index contributed by atoms with van der Waals surface area (Å²) in [4.78, 5) is 11.6. The van der Waals surface area contributed by atoms with E-state index in [9.17, 15) is 4.79 Å². The van der Waals surface area contributed by atoms with E-state index in [1.807, 2.05) is 13.8 Å². The second-order valence-corrected chi connectivity index (χ2v) is 6.16. The van der Waals surface area contributed by atoms with Gasteiger partial charge in [-0.05, 0) is 39.5 Å². The van der Waals surface area contributed by atoms with Crippen LogP contribution in [0.4, 0.5) is 0 Å². The molecule has 98 valence electrons. The summed E-state index contributed by atoms with van der Waals surface area (Å²) in [6.07, 6.45) is 5.60. The zero-order chi connectivity index (χ0) is 12.5. The van der Waals surface area contributed by atoms with E-state index in [2.05, 4.69) is 5.32 Å². The van der Waals surface area contributed by atoms with Crippen molar-refractivity contribution < 1.29 is 9.53 Å². The van der Waals surface area contributed by atoms with E-state index in [4.69, 9.17) is 10.5 Å². The highest BCUT2D eigenvalue weighted by Crippen LogP contribution is 2.38. The summed E-state index contributed by atoms with van der Waals surface area (Å²) >= 11 is 0. The Labute approximate surface area is 103 Å². The van der Waals surface area contributed by atoms with Gasteiger partial charge in [-0.25, -0.2) is 0 Å². The Morgan fingerprint density at radius 1 is 1.47 bits per heavy atom. The van der Waals surface area contributed by atoms with Crippen molar-refractivity contribution in [1.82, 2.24) is 5.32 Å². The van der Waals surface area contributed by atoms with Crippen molar-refractivity contribution in [3.05, 3.63) is 0 Å². The van der Waals surface area contributed by atoms with Gasteiger partial charge in [0.05, 0.1) is 12.2 Å². The largest absolute Gasteiger partial charge is 0.375 e. The molecular formula is C13H24N2O2. The highest BCUT2D eigenvalue weighted by atomic mass is 16.5. The van der Waals surface area contributed by atoms with Gasteiger partial charge in [0.25, 0.3) is 0 Å². The molecule has 1 amide bonds. The average Bonchev–Trinajstić information content (AvgIpc) is 2.84. The number of hydrogen-bond acceptors (Lipinski definition) is 3. The Kier molecular flexibility index (Phi) is 3.73. The Balaban J connectivity index is 1.63. The molecule has 2 heterocycles. The number of nitrogens with one attached hydrogen (secondary N) is 1. The Morgan fingerprint density at radius 2 is 2.24 bits per heavy atom. The summed E-state index contributed by atoms with van der Waals surface area (Å²) in [7, 11) is 0. The Hall–Kier alpha value is -0.610. The second kappa shape index (κ2) is 4.94. The van der Waals surface area contributed by atoms with Crippen LogP contribution in [0.1, 0.15) is 46.0 Å². The minimum absolute atomic E-state index is 0.117. The van der Waals surface area contributed by atoms with E-state index in [1.165, 1.54) is 12.8 Å². The first-order valence-electron chi connectivity index (χ1n) is 6.65. The molecule has 0 aromatic rings. The molecule has 0 radical (unpaired) electrons. The van der Waals surface area contributed by atoms with Crippen molar-refractivity contribution >= 4 is 5.91 Å². The molecular weight excluding hydrogens is 216 g/mol. The molecule has 0 spiro atoms. The second-order valence-electron chi connectivity index (χ2n) is 6.16. The number of nitrogens with two attached hydrogens (primary N) is 1. The fraction of sp³-hybridized carbons (Fsp3) is 0.923. The summed E-state index contributed by atoms with van der Waals surface area (Å²) in [5, 5.41) is 3.01. The lowest BCUT2D eigenvalue weighted by Gasteiger charge is -2.20. The average molecular weight is 240 g/mol. The lowest BCUT2D eigenvalue weighted by atomic mass is 9.89. The maximum atomic E-state index is 11.6. The number of amides is 1. The van der Waals surface area contributed by atoms with Crippen LogP contribution >= 0.6 is 0 Å². The van der Waals surface area contributed by atoms with Crippen LogP contribution in [0.3, 0.4) is 0 Å². The molecule has 3 N–H and O–H groups in total. The van der Waals surface area contributed by atoms with Gasteiger partial charge in [-0.15, -0.1) is 0 Å². The van der Waals surface area contributed by atoms with Crippen molar-refractivity contribution in [2.75, 3.05) is 6.54 Å². The highest BCUT2D eigenvalue weighted by Gasteiger charge is 2.40. The number of fused-ring (bicyclic) bond motifs is 2. The normalized spacial score (nSPS) is 31.8. The van der Waals surface area contributed by atoms with Gasteiger partial charge in [0.15, 0.2) is 0 Å². The molecule has 2 aliphatic rings. The first-order valence-corrected chi connectivity index (χ1v) is 6.65. The van der Waals surface area contributed by atoms with E-state index in [0.29, 0.717) is 24.5 Å². The first-order chi connectivity index (χ1) is 7.94. The fourth-order valence-electron chi connectivity index (χ4n) is 2.73. The lowest BCUT2D eigenvalue weighted by Crippen LogP contribution is -2.37. The van der Waals surface area contributed by atoms with Gasteiger partial charge in [0.2, 0.25) is 5.91 Å². The van der Waals surface area contributed by atoms with Gasteiger partial charge in [-0.1, -0.05) is 0 Å². The quantitative estimate of drug-likeness (QED) is 0.758. The third kappa shape index (κ3) is 3.68. The highest BCUT2D eigenvalue weighted by molar-refractivity contribution is 5.75. The van der Waals surface area contributed by atoms with Crippen LogP contribution in [-0.4, -0.2) is 30.2 Å². The molecule has 3 unspecified atom stereocenters. The van der Waals surface area contributed by atoms with Gasteiger partial charge in [-0.3, -0.25) is 4.79 Å². The number of rotatable bonds is 5. The molecule has 2 rings (SSSR count). The summed E-state index contributed by atoms with van der Waals surface area (Å²) in [6, 6.07) is 0. The molecule has 2 saturated heterocycles. The van der Waals surface area contributed by atoms with Crippen LogP contribution in [0.15, 0.2) is 0 Å². The van der Waals surface area contributed by atoms with Gasteiger partial charge < -0.3 is 15.8 Å². The smallest absolute Gasteiger partial charge is 0.220 e. The summed E-state index contributed by atoms with van der Waals surface area (Å²) < 4.78 is 5.76. The topological polar surface area (TPSA) is 64.4 Å². The van der Waals surface area contributed by atoms with Crippen LogP contribution in [0.5, 0.6) is 0 Å². The van der Waals surface area contributed by atoms with Crippen LogP contribution in [0.25, 0.3) is 0 Å². The van der Waals surface area contributed by atoms with Gasteiger partial charge in [0.1, 0.15) is 0 Å². The minimum atomic E-state index is -0.257. The summed E-state index contributed by atoms with van der Waals surface area (Å²) in [5.74, 6) is 0.648.